The molecule has 1 fully saturated rings. The highest BCUT2D eigenvalue weighted by atomic mass is 32.3. The van der Waals surface area contributed by atoms with Crippen molar-refractivity contribution in [2.24, 2.45) is 0 Å². The number of halogens is 2. The van der Waals surface area contributed by atoms with Gasteiger partial charge in [0.25, 0.3) is 0 Å². The van der Waals surface area contributed by atoms with Crippen molar-refractivity contribution in [3.05, 3.63) is 23.8 Å². The van der Waals surface area contributed by atoms with Gasteiger partial charge < -0.3 is 10.6 Å². The van der Waals surface area contributed by atoms with Crippen LogP contribution in [0.5, 0.6) is 0 Å². The Morgan fingerprint density at radius 3 is 2.06 bits per heavy atom. The van der Waals surface area contributed by atoms with E-state index in [-0.39, 0.29) is 36.0 Å². The molecule has 0 radical (unpaired) electrons. The number of benzene rings is 1. The van der Waals surface area contributed by atoms with Gasteiger partial charge in [-0.25, -0.2) is 8.78 Å². The molecular weight excluding hydrogens is 250 g/mol. The Kier molecular flexibility index (Phi) is 3.15. The number of anilines is 2. The third-order valence-corrected chi connectivity index (χ3v) is 4.40. The molecule has 1 aromatic rings. The first kappa shape index (κ1) is 12.4. The molecule has 1 aliphatic rings. The number of hydrogen-bond donors (Lipinski definition) is 3. The molecule has 2 rings (SSSR count). The average molecular weight is 264 g/mol. The van der Waals surface area contributed by atoms with Crippen LogP contribution in [-0.2, 0) is 0 Å². The maximum atomic E-state index is 13.6. The quantitative estimate of drug-likeness (QED) is 0.679. The Morgan fingerprint density at radius 2 is 1.59 bits per heavy atom. The third-order valence-electron chi connectivity index (χ3n) is 2.73. The zero-order valence-electron chi connectivity index (χ0n) is 9.07. The van der Waals surface area contributed by atoms with Gasteiger partial charge in [0.1, 0.15) is 5.69 Å². The van der Waals surface area contributed by atoms with Gasteiger partial charge in [-0.15, -0.1) is 0 Å². The smallest absolute Gasteiger partial charge is 0.151 e. The van der Waals surface area contributed by atoms with Gasteiger partial charge in [-0.1, -0.05) is 0 Å². The first-order valence-electron chi connectivity index (χ1n) is 5.12. The highest BCUT2D eigenvalue weighted by molar-refractivity contribution is 8.24. The molecule has 96 valence electrons. The average Bonchev–Trinajstić information content (AvgIpc) is 2.19. The number of nitrogens with two attached hydrogens (primary N) is 1. The fraction of sp³-hybridized carbons (Fsp3) is 0.400. The van der Waals surface area contributed by atoms with Crippen molar-refractivity contribution in [2.75, 3.05) is 35.2 Å². The van der Waals surface area contributed by atoms with Gasteiger partial charge >= 0.3 is 0 Å². The van der Waals surface area contributed by atoms with Gasteiger partial charge in [0, 0.05) is 18.8 Å². The minimum absolute atomic E-state index is 0.0325. The zero-order valence-corrected chi connectivity index (χ0v) is 9.88. The molecule has 4 nitrogen and oxygen atoms in total. The standard InChI is InChI=1S/C10H14F2N2O2S/c11-8-5-7(13)6-9(12)10(8)14-1-3-17(15,16)4-2-14/h5-6,15-16H,1-4,13H2. The maximum absolute atomic E-state index is 13.6. The topological polar surface area (TPSA) is 69.7 Å². The van der Waals surface area contributed by atoms with Crippen molar-refractivity contribution in [2.45, 2.75) is 0 Å². The van der Waals surface area contributed by atoms with E-state index in [2.05, 4.69) is 0 Å². The molecule has 0 saturated carbocycles. The van der Waals surface area contributed by atoms with E-state index in [4.69, 9.17) is 5.73 Å². The second-order valence-corrected chi connectivity index (χ2v) is 6.45. The van der Waals surface area contributed by atoms with E-state index in [1.165, 1.54) is 4.90 Å². The molecular formula is C10H14F2N2O2S. The molecule has 7 heteroatoms. The van der Waals surface area contributed by atoms with Crippen molar-refractivity contribution in [3.8, 4) is 0 Å². The van der Waals surface area contributed by atoms with E-state index in [9.17, 15) is 17.9 Å². The number of rotatable bonds is 1. The summed E-state index contributed by atoms with van der Waals surface area (Å²) in [5, 5.41) is 0. The van der Waals surface area contributed by atoms with E-state index in [1.807, 2.05) is 0 Å². The summed E-state index contributed by atoms with van der Waals surface area (Å²) in [6.07, 6.45) is 0. The molecule has 1 heterocycles. The molecule has 0 bridgehead atoms. The first-order valence-corrected chi connectivity index (χ1v) is 7.00. The molecule has 1 aliphatic heterocycles. The minimum atomic E-state index is -2.57. The van der Waals surface area contributed by atoms with E-state index < -0.39 is 22.2 Å². The van der Waals surface area contributed by atoms with Crippen LogP contribution < -0.4 is 10.6 Å². The Hall–Kier alpha value is -1.05. The van der Waals surface area contributed by atoms with Crippen LogP contribution in [0.2, 0.25) is 0 Å². The first-order chi connectivity index (χ1) is 7.89. The fourth-order valence-corrected chi connectivity index (χ4v) is 3.07. The summed E-state index contributed by atoms with van der Waals surface area (Å²) in [5.41, 5.74) is 5.21. The van der Waals surface area contributed by atoms with E-state index in [1.54, 1.807) is 0 Å². The van der Waals surface area contributed by atoms with Crippen molar-refractivity contribution in [1.29, 1.82) is 0 Å². The Balaban J connectivity index is 2.24. The van der Waals surface area contributed by atoms with Gasteiger partial charge in [0.15, 0.2) is 11.6 Å². The van der Waals surface area contributed by atoms with E-state index in [0.29, 0.717) is 0 Å². The van der Waals surface area contributed by atoms with Crippen LogP contribution >= 0.6 is 10.6 Å². The van der Waals surface area contributed by atoms with Crippen molar-refractivity contribution in [3.63, 3.8) is 0 Å². The van der Waals surface area contributed by atoms with Crippen LogP contribution in [0.4, 0.5) is 20.2 Å². The van der Waals surface area contributed by atoms with Gasteiger partial charge in [-0.3, -0.25) is 9.11 Å². The van der Waals surface area contributed by atoms with E-state index >= 15 is 0 Å². The van der Waals surface area contributed by atoms with Crippen LogP contribution in [-0.4, -0.2) is 33.7 Å². The van der Waals surface area contributed by atoms with Crippen LogP contribution in [0.3, 0.4) is 0 Å². The predicted molar refractivity (Wildman–Crippen MR) is 65.6 cm³/mol. The molecule has 0 spiro atoms. The lowest BCUT2D eigenvalue weighted by atomic mass is 10.2. The summed E-state index contributed by atoms with van der Waals surface area (Å²) in [4.78, 5) is 1.47. The highest BCUT2D eigenvalue weighted by Gasteiger charge is 2.26. The number of nitrogen functional groups attached to an aromatic ring is 1. The molecule has 1 saturated heterocycles. The molecule has 0 unspecified atom stereocenters. The van der Waals surface area contributed by atoms with Crippen molar-refractivity contribution in [1.82, 2.24) is 0 Å². The van der Waals surface area contributed by atoms with Gasteiger partial charge in [-0.2, -0.15) is 10.6 Å². The Morgan fingerprint density at radius 1 is 1.12 bits per heavy atom. The molecule has 0 amide bonds. The highest BCUT2D eigenvalue weighted by Crippen LogP contribution is 2.42. The van der Waals surface area contributed by atoms with Gasteiger partial charge in [-0.05, 0) is 12.1 Å². The lowest BCUT2D eigenvalue weighted by Gasteiger charge is -2.41. The van der Waals surface area contributed by atoms with Gasteiger partial charge in [0.2, 0.25) is 0 Å². The third kappa shape index (κ3) is 2.62. The SMILES string of the molecule is Nc1cc(F)c(N2CCS(O)(O)CC2)c(F)c1. The molecule has 0 aliphatic carbocycles. The molecule has 0 atom stereocenters. The van der Waals surface area contributed by atoms with Crippen molar-refractivity contribution < 1.29 is 17.9 Å². The lowest BCUT2D eigenvalue weighted by Crippen LogP contribution is -2.39. The fourth-order valence-electron chi connectivity index (χ4n) is 1.84. The summed E-state index contributed by atoms with van der Waals surface area (Å²) in [6.45, 7) is 0.445. The van der Waals surface area contributed by atoms with Crippen LogP contribution in [0.1, 0.15) is 0 Å². The van der Waals surface area contributed by atoms with Crippen molar-refractivity contribution >= 4 is 22.0 Å². The Labute approximate surface area is 99.4 Å². The lowest BCUT2D eigenvalue weighted by molar-refractivity contribution is 0.476. The summed E-state index contributed by atoms with van der Waals surface area (Å²) in [7, 11) is -2.57. The largest absolute Gasteiger partial charge is 0.399 e. The van der Waals surface area contributed by atoms with E-state index in [0.717, 1.165) is 12.1 Å². The second kappa shape index (κ2) is 4.32. The zero-order chi connectivity index (χ0) is 12.6. The summed E-state index contributed by atoms with van der Waals surface area (Å²) in [6, 6.07) is 2.12. The molecule has 17 heavy (non-hydrogen) atoms. The molecule has 1 aromatic carbocycles. The monoisotopic (exact) mass is 264 g/mol. The number of hydrogen-bond acceptors (Lipinski definition) is 4. The summed E-state index contributed by atoms with van der Waals surface area (Å²) in [5.74, 6) is -1.17. The van der Waals surface area contributed by atoms with Crippen LogP contribution in [0.15, 0.2) is 12.1 Å². The molecule has 0 aromatic heterocycles. The maximum Gasteiger partial charge on any atom is 0.151 e. The number of nitrogens with zero attached hydrogens (tertiary/aromatic N) is 1. The molecule has 4 N–H and O–H groups in total. The predicted octanol–water partition coefficient (Wildman–Crippen LogP) is 2.12. The summed E-state index contributed by atoms with van der Waals surface area (Å²) >= 11 is 0. The second-order valence-electron chi connectivity index (χ2n) is 4.03. The minimum Gasteiger partial charge on any atom is -0.399 e. The van der Waals surface area contributed by atoms with Gasteiger partial charge in [0.05, 0.1) is 11.5 Å². The van der Waals surface area contributed by atoms with Crippen LogP contribution in [0, 0.1) is 11.6 Å². The normalized spacial score (nSPS) is 21.3. The Bertz CT molecular complexity index is 409. The van der Waals surface area contributed by atoms with Crippen LogP contribution in [0.25, 0.3) is 0 Å². The summed E-state index contributed by atoms with van der Waals surface area (Å²) < 4.78 is 46.1.